The quantitative estimate of drug-likeness (QED) is 0.903. The molecule has 100 valence electrons. The highest BCUT2D eigenvalue weighted by Crippen LogP contribution is 2.13. The number of carbonyl (C=O) groups is 1. The first-order chi connectivity index (χ1) is 9.06. The molecule has 0 saturated heterocycles. The third kappa shape index (κ3) is 3.62. The maximum Gasteiger partial charge on any atom is 0.358 e. The molecule has 0 bridgehead atoms. The summed E-state index contributed by atoms with van der Waals surface area (Å²) in [5.41, 5.74) is -0.128. The predicted octanol–water partition coefficient (Wildman–Crippen LogP) is 1.44. The first kappa shape index (κ1) is 13.7. The van der Waals surface area contributed by atoms with Crippen LogP contribution in [-0.4, -0.2) is 36.0 Å². The Labute approximate surface area is 116 Å². The summed E-state index contributed by atoms with van der Waals surface area (Å²) in [6, 6.07) is 6.74. The van der Waals surface area contributed by atoms with Crippen LogP contribution in [0.1, 0.15) is 10.5 Å². The van der Waals surface area contributed by atoms with Crippen molar-refractivity contribution in [2.24, 2.45) is 0 Å². The number of benzene rings is 1. The Morgan fingerprint density at radius 1 is 1.37 bits per heavy atom. The van der Waals surface area contributed by atoms with Gasteiger partial charge in [-0.05, 0) is 24.3 Å². The lowest BCUT2D eigenvalue weighted by atomic mass is 10.4. The van der Waals surface area contributed by atoms with Crippen LogP contribution in [0.5, 0.6) is 0 Å². The molecule has 1 aromatic carbocycles. The number of halogens is 1. The summed E-state index contributed by atoms with van der Waals surface area (Å²) in [6.45, 7) is 0.329. The van der Waals surface area contributed by atoms with Gasteiger partial charge in [0, 0.05) is 15.7 Å². The summed E-state index contributed by atoms with van der Waals surface area (Å²) < 4.78 is 13.3. The van der Waals surface area contributed by atoms with Crippen LogP contribution in [0.15, 0.2) is 35.4 Å². The Morgan fingerprint density at radius 2 is 2.05 bits per heavy atom. The second-order valence-corrected chi connectivity index (χ2v) is 5.68. The fourth-order valence-electron chi connectivity index (χ4n) is 1.39. The molecule has 8 heteroatoms. The van der Waals surface area contributed by atoms with Crippen molar-refractivity contribution >= 4 is 28.4 Å². The zero-order valence-corrected chi connectivity index (χ0v) is 11.3. The van der Waals surface area contributed by atoms with E-state index in [1.54, 1.807) is 24.3 Å². The van der Waals surface area contributed by atoms with Gasteiger partial charge in [0.15, 0.2) is 5.69 Å². The minimum atomic E-state index is -1.19. The molecule has 1 unspecified atom stereocenters. The van der Waals surface area contributed by atoms with E-state index in [0.717, 1.165) is 0 Å². The normalized spacial score (nSPS) is 12.3. The lowest BCUT2D eigenvalue weighted by molar-refractivity contribution is 0.0690. The number of hydrogen-bond acceptors (Lipinski definition) is 4. The van der Waals surface area contributed by atoms with Crippen LogP contribution < -0.4 is 0 Å². The number of nitrogens with zero attached hydrogens (tertiary/aromatic N) is 3. The van der Waals surface area contributed by atoms with E-state index in [1.165, 1.54) is 10.9 Å². The number of aryl methyl sites for hydroxylation is 1. The molecular formula is C11H10ClN3O3S. The highest BCUT2D eigenvalue weighted by atomic mass is 35.5. The molecule has 1 aromatic heterocycles. The molecule has 0 saturated carbocycles. The summed E-state index contributed by atoms with van der Waals surface area (Å²) in [4.78, 5) is 11.3. The highest BCUT2D eigenvalue weighted by molar-refractivity contribution is 7.85. The molecular weight excluding hydrogens is 290 g/mol. The van der Waals surface area contributed by atoms with E-state index in [9.17, 15) is 9.00 Å². The smallest absolute Gasteiger partial charge is 0.358 e. The highest BCUT2D eigenvalue weighted by Gasteiger charge is 2.09. The van der Waals surface area contributed by atoms with Crippen LogP contribution >= 0.6 is 11.6 Å². The summed E-state index contributed by atoms with van der Waals surface area (Å²) in [7, 11) is -1.19. The van der Waals surface area contributed by atoms with E-state index < -0.39 is 16.8 Å². The van der Waals surface area contributed by atoms with E-state index in [2.05, 4.69) is 10.3 Å². The van der Waals surface area contributed by atoms with Gasteiger partial charge in [0.25, 0.3) is 0 Å². The monoisotopic (exact) mass is 299 g/mol. The third-order valence-corrected chi connectivity index (χ3v) is 3.94. The fraction of sp³-hybridized carbons (Fsp3) is 0.182. The van der Waals surface area contributed by atoms with Crippen molar-refractivity contribution in [3.05, 3.63) is 41.2 Å². The average molecular weight is 300 g/mol. The molecule has 2 rings (SSSR count). The Kier molecular flexibility index (Phi) is 4.28. The van der Waals surface area contributed by atoms with Crippen LogP contribution in [-0.2, 0) is 17.3 Å². The van der Waals surface area contributed by atoms with Gasteiger partial charge in [-0.25, -0.2) is 4.79 Å². The summed E-state index contributed by atoms with van der Waals surface area (Å²) in [5, 5.41) is 16.4. The van der Waals surface area contributed by atoms with Crippen molar-refractivity contribution in [2.45, 2.75) is 11.4 Å². The SMILES string of the molecule is O=C(O)c1cn(CCS(=O)c2ccc(Cl)cc2)nn1. The van der Waals surface area contributed by atoms with Gasteiger partial charge in [0.05, 0.1) is 23.5 Å². The first-order valence-corrected chi connectivity index (χ1v) is 7.03. The number of rotatable bonds is 5. The Hall–Kier alpha value is -1.73. The van der Waals surface area contributed by atoms with E-state index in [0.29, 0.717) is 22.2 Å². The van der Waals surface area contributed by atoms with Crippen molar-refractivity contribution in [2.75, 3.05) is 5.75 Å². The Balaban J connectivity index is 1.96. The molecule has 0 amide bonds. The second kappa shape index (κ2) is 5.94. The number of hydrogen-bond donors (Lipinski definition) is 1. The van der Waals surface area contributed by atoms with Crippen LogP contribution in [0.4, 0.5) is 0 Å². The predicted molar refractivity (Wildman–Crippen MR) is 69.7 cm³/mol. The first-order valence-electron chi connectivity index (χ1n) is 5.33. The topological polar surface area (TPSA) is 85.1 Å². The molecule has 1 atom stereocenters. The number of aromatic carboxylic acids is 1. The van der Waals surface area contributed by atoms with Gasteiger partial charge < -0.3 is 5.11 Å². The molecule has 0 radical (unpaired) electrons. The molecule has 0 aliphatic rings. The maximum absolute atomic E-state index is 12.0. The number of carboxylic acid groups (broad SMARTS) is 1. The van der Waals surface area contributed by atoms with E-state index >= 15 is 0 Å². The van der Waals surface area contributed by atoms with Gasteiger partial charge in [-0.1, -0.05) is 16.8 Å². The van der Waals surface area contributed by atoms with Crippen LogP contribution in [0.2, 0.25) is 5.02 Å². The largest absolute Gasteiger partial charge is 0.476 e. The maximum atomic E-state index is 12.0. The van der Waals surface area contributed by atoms with Gasteiger partial charge >= 0.3 is 5.97 Å². The number of carboxylic acids is 1. The average Bonchev–Trinajstić information content (AvgIpc) is 2.86. The zero-order valence-electron chi connectivity index (χ0n) is 9.69. The zero-order chi connectivity index (χ0) is 13.8. The van der Waals surface area contributed by atoms with Crippen LogP contribution in [0, 0.1) is 0 Å². The van der Waals surface area contributed by atoms with Crippen molar-refractivity contribution in [1.82, 2.24) is 15.0 Å². The third-order valence-electron chi connectivity index (χ3n) is 2.34. The molecule has 0 aliphatic carbocycles. The summed E-state index contributed by atoms with van der Waals surface area (Å²) >= 11 is 5.74. The fourth-order valence-corrected chi connectivity index (χ4v) is 2.54. The summed E-state index contributed by atoms with van der Waals surface area (Å²) in [6.07, 6.45) is 1.31. The molecule has 0 spiro atoms. The minimum absolute atomic E-state index is 0.128. The lowest BCUT2D eigenvalue weighted by Crippen LogP contribution is -2.08. The lowest BCUT2D eigenvalue weighted by Gasteiger charge is -2.02. The van der Waals surface area contributed by atoms with E-state index in [4.69, 9.17) is 16.7 Å². The Bertz CT molecular complexity index is 612. The Morgan fingerprint density at radius 3 is 2.63 bits per heavy atom. The van der Waals surface area contributed by atoms with Crippen molar-refractivity contribution in [3.8, 4) is 0 Å². The molecule has 2 aromatic rings. The van der Waals surface area contributed by atoms with Gasteiger partial charge in [0.2, 0.25) is 0 Å². The van der Waals surface area contributed by atoms with Crippen molar-refractivity contribution in [1.29, 1.82) is 0 Å². The van der Waals surface area contributed by atoms with Crippen LogP contribution in [0.25, 0.3) is 0 Å². The standard InChI is InChI=1S/C11H10ClN3O3S/c12-8-1-3-9(4-2-8)19(18)6-5-15-7-10(11(16)17)13-14-15/h1-4,7H,5-6H2,(H,16,17). The van der Waals surface area contributed by atoms with E-state index in [1.807, 2.05) is 0 Å². The molecule has 0 aliphatic heterocycles. The van der Waals surface area contributed by atoms with Gasteiger partial charge in [-0.2, -0.15) is 0 Å². The molecule has 1 heterocycles. The second-order valence-electron chi connectivity index (χ2n) is 3.68. The molecule has 6 nitrogen and oxygen atoms in total. The molecule has 19 heavy (non-hydrogen) atoms. The van der Waals surface area contributed by atoms with Crippen LogP contribution in [0.3, 0.4) is 0 Å². The van der Waals surface area contributed by atoms with E-state index in [-0.39, 0.29) is 5.69 Å². The minimum Gasteiger partial charge on any atom is -0.476 e. The summed E-state index contributed by atoms with van der Waals surface area (Å²) in [5.74, 6) is -0.811. The van der Waals surface area contributed by atoms with Crippen molar-refractivity contribution in [3.63, 3.8) is 0 Å². The van der Waals surface area contributed by atoms with Gasteiger partial charge in [-0.15, -0.1) is 5.10 Å². The molecule has 0 fully saturated rings. The number of aromatic nitrogens is 3. The molecule has 1 N–H and O–H groups in total. The van der Waals surface area contributed by atoms with Crippen molar-refractivity contribution < 1.29 is 14.1 Å². The van der Waals surface area contributed by atoms with Gasteiger partial charge in [-0.3, -0.25) is 8.89 Å². The van der Waals surface area contributed by atoms with Gasteiger partial charge in [0.1, 0.15) is 0 Å².